The van der Waals surface area contributed by atoms with Gasteiger partial charge in [0.25, 0.3) is 0 Å². The Labute approximate surface area is 171 Å². The number of halogens is 2. The standard InChI is InChI=1S/C20H21F2N5O3/c21-18(22)8-15-7-13(1-2-14(15)10-23-20(28)29)19-17-9-16(11-27(17)25-12-24-19)26-3-5-30-6-4-26/h1-2,7,9,11-12,18,23H,3-6,8,10H2,(H,28,29). The molecule has 1 aromatic carbocycles. The van der Waals surface area contributed by atoms with Gasteiger partial charge in [-0.15, -0.1) is 0 Å². The summed E-state index contributed by atoms with van der Waals surface area (Å²) in [6, 6.07) is 7.05. The van der Waals surface area contributed by atoms with Crippen molar-refractivity contribution in [3.8, 4) is 11.3 Å². The fourth-order valence-electron chi connectivity index (χ4n) is 3.61. The summed E-state index contributed by atoms with van der Waals surface area (Å²) in [5.41, 5.74) is 3.94. The maximum atomic E-state index is 13.1. The van der Waals surface area contributed by atoms with Crippen LogP contribution >= 0.6 is 0 Å². The highest BCUT2D eigenvalue weighted by molar-refractivity contribution is 5.80. The molecule has 0 bridgehead atoms. The molecule has 0 atom stereocenters. The summed E-state index contributed by atoms with van der Waals surface area (Å²) in [5, 5.41) is 15.3. The van der Waals surface area contributed by atoms with E-state index in [9.17, 15) is 13.6 Å². The number of nitrogens with zero attached hydrogens (tertiary/aromatic N) is 4. The summed E-state index contributed by atoms with van der Waals surface area (Å²) >= 11 is 0. The van der Waals surface area contributed by atoms with Crippen LogP contribution < -0.4 is 10.2 Å². The molecule has 3 aromatic rings. The SMILES string of the molecule is O=C(O)NCc1ccc(-c2ncnn3cc(N4CCOCC4)cc23)cc1CC(F)F. The van der Waals surface area contributed by atoms with E-state index in [1.807, 2.05) is 12.3 Å². The lowest BCUT2D eigenvalue weighted by Gasteiger charge is -2.27. The molecule has 1 saturated heterocycles. The average Bonchev–Trinajstić information content (AvgIpc) is 3.17. The minimum absolute atomic E-state index is 0.0385. The van der Waals surface area contributed by atoms with Gasteiger partial charge in [0.2, 0.25) is 6.43 Å². The highest BCUT2D eigenvalue weighted by atomic mass is 19.3. The lowest BCUT2D eigenvalue weighted by atomic mass is 9.99. The largest absolute Gasteiger partial charge is 0.465 e. The predicted octanol–water partition coefficient (Wildman–Crippen LogP) is 2.81. The van der Waals surface area contributed by atoms with Gasteiger partial charge >= 0.3 is 6.09 Å². The molecule has 30 heavy (non-hydrogen) atoms. The number of carboxylic acid groups (broad SMARTS) is 1. The quantitative estimate of drug-likeness (QED) is 0.641. The van der Waals surface area contributed by atoms with Crippen molar-refractivity contribution in [2.75, 3.05) is 31.2 Å². The summed E-state index contributed by atoms with van der Waals surface area (Å²) in [4.78, 5) is 17.4. The average molecular weight is 417 g/mol. The molecule has 1 amide bonds. The van der Waals surface area contributed by atoms with E-state index in [0.717, 1.165) is 24.3 Å². The molecular weight excluding hydrogens is 396 g/mol. The normalized spacial score (nSPS) is 14.4. The molecular formula is C20H21F2N5O3. The highest BCUT2D eigenvalue weighted by Gasteiger charge is 2.17. The number of ether oxygens (including phenoxy) is 1. The van der Waals surface area contributed by atoms with Crippen molar-refractivity contribution in [3.63, 3.8) is 0 Å². The van der Waals surface area contributed by atoms with E-state index in [1.165, 1.54) is 6.33 Å². The Morgan fingerprint density at radius 2 is 2.03 bits per heavy atom. The highest BCUT2D eigenvalue weighted by Crippen LogP contribution is 2.29. The Hall–Kier alpha value is -3.27. The zero-order valence-electron chi connectivity index (χ0n) is 16.1. The van der Waals surface area contributed by atoms with Crippen molar-refractivity contribution >= 4 is 17.3 Å². The fraction of sp³-hybridized carbons (Fsp3) is 0.350. The lowest BCUT2D eigenvalue weighted by Crippen LogP contribution is -2.35. The topological polar surface area (TPSA) is 92.0 Å². The van der Waals surface area contributed by atoms with Crippen molar-refractivity contribution in [3.05, 3.63) is 47.9 Å². The van der Waals surface area contributed by atoms with E-state index < -0.39 is 18.9 Å². The van der Waals surface area contributed by atoms with Gasteiger partial charge in [-0.25, -0.2) is 23.1 Å². The Balaban J connectivity index is 1.71. The van der Waals surface area contributed by atoms with Crippen LogP contribution in [-0.4, -0.2) is 58.5 Å². The number of morpholine rings is 1. The van der Waals surface area contributed by atoms with Gasteiger partial charge in [-0.2, -0.15) is 5.10 Å². The second-order valence-electron chi connectivity index (χ2n) is 6.97. The molecule has 3 heterocycles. The number of anilines is 1. The van der Waals surface area contributed by atoms with E-state index >= 15 is 0 Å². The van der Waals surface area contributed by atoms with Crippen molar-refractivity contribution in [1.82, 2.24) is 19.9 Å². The second-order valence-corrected chi connectivity index (χ2v) is 6.97. The molecule has 2 N–H and O–H groups in total. The summed E-state index contributed by atoms with van der Waals surface area (Å²) in [6.45, 7) is 2.84. The van der Waals surface area contributed by atoms with Crippen LogP contribution in [0.3, 0.4) is 0 Å². The molecule has 1 aliphatic rings. The van der Waals surface area contributed by atoms with Crippen molar-refractivity contribution in [2.24, 2.45) is 0 Å². The number of aromatic nitrogens is 3. The van der Waals surface area contributed by atoms with E-state index in [4.69, 9.17) is 9.84 Å². The number of alkyl halides is 2. The van der Waals surface area contributed by atoms with E-state index in [-0.39, 0.29) is 6.54 Å². The van der Waals surface area contributed by atoms with Gasteiger partial charge < -0.3 is 20.1 Å². The number of nitrogens with one attached hydrogen (secondary N) is 1. The monoisotopic (exact) mass is 417 g/mol. The van der Waals surface area contributed by atoms with Crippen LogP contribution in [0, 0.1) is 0 Å². The zero-order chi connectivity index (χ0) is 21.1. The Morgan fingerprint density at radius 1 is 1.23 bits per heavy atom. The minimum atomic E-state index is -2.55. The smallest absolute Gasteiger partial charge is 0.404 e. The number of hydrogen-bond acceptors (Lipinski definition) is 5. The second kappa shape index (κ2) is 8.62. The van der Waals surface area contributed by atoms with Crippen molar-refractivity contribution < 1.29 is 23.4 Å². The molecule has 0 radical (unpaired) electrons. The van der Waals surface area contributed by atoms with Crippen LogP contribution in [0.1, 0.15) is 11.1 Å². The summed E-state index contributed by atoms with van der Waals surface area (Å²) < 4.78 is 33.3. The summed E-state index contributed by atoms with van der Waals surface area (Å²) in [5.74, 6) is 0. The lowest BCUT2D eigenvalue weighted by molar-refractivity contribution is 0.122. The van der Waals surface area contributed by atoms with Gasteiger partial charge in [0.05, 0.1) is 36.3 Å². The van der Waals surface area contributed by atoms with E-state index in [2.05, 4.69) is 20.3 Å². The van der Waals surface area contributed by atoms with Gasteiger partial charge in [0, 0.05) is 31.6 Å². The molecule has 0 saturated carbocycles. The third kappa shape index (κ3) is 4.33. The van der Waals surface area contributed by atoms with Crippen LogP contribution in [0.25, 0.3) is 16.8 Å². The van der Waals surface area contributed by atoms with Gasteiger partial charge in [0.1, 0.15) is 6.33 Å². The Bertz CT molecular complexity index is 1050. The maximum Gasteiger partial charge on any atom is 0.404 e. The number of fused-ring (bicyclic) bond motifs is 1. The number of carbonyl (C=O) groups is 1. The number of rotatable bonds is 6. The number of benzene rings is 1. The van der Waals surface area contributed by atoms with Crippen LogP contribution in [0.4, 0.5) is 19.3 Å². The van der Waals surface area contributed by atoms with Gasteiger partial charge in [-0.1, -0.05) is 12.1 Å². The van der Waals surface area contributed by atoms with E-state index in [1.54, 1.807) is 22.7 Å². The van der Waals surface area contributed by atoms with Gasteiger partial charge in [0.15, 0.2) is 0 Å². The summed E-state index contributed by atoms with van der Waals surface area (Å²) in [6.07, 6.45) is -0.875. The van der Waals surface area contributed by atoms with Gasteiger partial charge in [-0.3, -0.25) is 0 Å². The zero-order valence-corrected chi connectivity index (χ0v) is 16.1. The molecule has 0 spiro atoms. The molecule has 8 nitrogen and oxygen atoms in total. The first-order chi connectivity index (χ1) is 14.5. The first kappa shape index (κ1) is 20.0. The third-order valence-electron chi connectivity index (χ3n) is 5.05. The third-order valence-corrected chi connectivity index (χ3v) is 5.05. The predicted molar refractivity (Wildman–Crippen MR) is 106 cm³/mol. The van der Waals surface area contributed by atoms with Crippen LogP contribution in [-0.2, 0) is 17.7 Å². The Morgan fingerprint density at radius 3 is 2.77 bits per heavy atom. The Kier molecular flexibility index (Phi) is 5.75. The first-order valence-corrected chi connectivity index (χ1v) is 9.54. The number of amides is 1. The molecule has 0 unspecified atom stereocenters. The van der Waals surface area contributed by atoms with Crippen molar-refractivity contribution in [1.29, 1.82) is 0 Å². The van der Waals surface area contributed by atoms with E-state index in [0.29, 0.717) is 35.6 Å². The fourth-order valence-corrected chi connectivity index (χ4v) is 3.61. The molecule has 158 valence electrons. The van der Waals surface area contributed by atoms with Crippen LogP contribution in [0.5, 0.6) is 0 Å². The molecule has 4 rings (SSSR count). The van der Waals surface area contributed by atoms with Gasteiger partial charge in [-0.05, 0) is 23.3 Å². The van der Waals surface area contributed by atoms with Crippen LogP contribution in [0.2, 0.25) is 0 Å². The molecule has 2 aromatic heterocycles. The molecule has 1 fully saturated rings. The maximum absolute atomic E-state index is 13.1. The molecule has 1 aliphatic heterocycles. The molecule has 0 aliphatic carbocycles. The summed E-state index contributed by atoms with van der Waals surface area (Å²) in [7, 11) is 0. The number of hydrogen-bond donors (Lipinski definition) is 2. The minimum Gasteiger partial charge on any atom is -0.465 e. The van der Waals surface area contributed by atoms with Crippen molar-refractivity contribution in [2.45, 2.75) is 19.4 Å². The first-order valence-electron chi connectivity index (χ1n) is 9.54. The van der Waals surface area contributed by atoms with Crippen LogP contribution in [0.15, 0.2) is 36.8 Å². The molecule has 10 heteroatoms.